The molecule has 1 heterocycles. The summed E-state index contributed by atoms with van der Waals surface area (Å²) in [5, 5.41) is 17.7. The van der Waals surface area contributed by atoms with E-state index in [-0.39, 0.29) is 16.4 Å². The molecule has 1 aromatic carbocycles. The molecule has 0 aliphatic rings. The predicted molar refractivity (Wildman–Crippen MR) is 81.4 cm³/mol. The number of nitro groups is 1. The Bertz CT molecular complexity index is 704. The number of benzene rings is 1. The standard InChI is InChI=1S/C12H10BrClN4O3/c1-7(17-6-8(13)5-15-17)12(19)16-10-3-2-9(14)4-11(10)18(20)21/h2-7H,1H3,(H,16,19). The van der Waals surface area contributed by atoms with Crippen LogP contribution < -0.4 is 5.32 Å². The number of halogens is 2. The van der Waals surface area contributed by atoms with E-state index in [0.717, 1.165) is 4.47 Å². The number of nitrogens with one attached hydrogen (secondary N) is 1. The van der Waals surface area contributed by atoms with E-state index in [9.17, 15) is 14.9 Å². The minimum absolute atomic E-state index is 0.0903. The smallest absolute Gasteiger partial charge is 0.294 e. The van der Waals surface area contributed by atoms with E-state index in [0.29, 0.717) is 0 Å². The van der Waals surface area contributed by atoms with E-state index >= 15 is 0 Å². The predicted octanol–water partition coefficient (Wildman–Crippen LogP) is 3.41. The highest BCUT2D eigenvalue weighted by Crippen LogP contribution is 2.28. The fourth-order valence-electron chi connectivity index (χ4n) is 1.65. The third-order valence-electron chi connectivity index (χ3n) is 2.76. The molecule has 1 N–H and O–H groups in total. The summed E-state index contributed by atoms with van der Waals surface area (Å²) in [5.41, 5.74) is -0.169. The van der Waals surface area contributed by atoms with Crippen LogP contribution in [0.25, 0.3) is 0 Å². The molecule has 110 valence electrons. The molecule has 0 aliphatic carbocycles. The number of hydrogen-bond acceptors (Lipinski definition) is 4. The number of hydrogen-bond donors (Lipinski definition) is 1. The van der Waals surface area contributed by atoms with Crippen molar-refractivity contribution >= 4 is 44.8 Å². The van der Waals surface area contributed by atoms with Crippen molar-refractivity contribution in [3.05, 3.63) is 50.2 Å². The van der Waals surface area contributed by atoms with Crippen LogP contribution in [-0.2, 0) is 4.79 Å². The third-order valence-corrected chi connectivity index (χ3v) is 3.41. The highest BCUT2D eigenvalue weighted by molar-refractivity contribution is 9.10. The third kappa shape index (κ3) is 3.59. The second-order valence-corrected chi connectivity index (χ2v) is 5.57. The molecule has 9 heteroatoms. The number of carbonyl (C=O) groups excluding carboxylic acids is 1. The minimum atomic E-state index is -0.619. The maximum Gasteiger partial charge on any atom is 0.294 e. The summed E-state index contributed by atoms with van der Waals surface area (Å²) in [4.78, 5) is 22.5. The first kappa shape index (κ1) is 15.5. The zero-order chi connectivity index (χ0) is 15.6. The lowest BCUT2D eigenvalue weighted by Crippen LogP contribution is -2.24. The number of nitrogens with zero attached hydrogens (tertiary/aromatic N) is 3. The summed E-state index contributed by atoms with van der Waals surface area (Å²) in [5.74, 6) is -0.420. The quantitative estimate of drug-likeness (QED) is 0.657. The van der Waals surface area contributed by atoms with Crippen molar-refractivity contribution in [1.29, 1.82) is 0 Å². The number of anilines is 1. The van der Waals surface area contributed by atoms with Crippen LogP contribution in [0.5, 0.6) is 0 Å². The number of amides is 1. The topological polar surface area (TPSA) is 90.1 Å². The van der Waals surface area contributed by atoms with Gasteiger partial charge in [-0.2, -0.15) is 5.10 Å². The molecule has 0 spiro atoms. The number of carbonyl (C=O) groups is 1. The van der Waals surface area contributed by atoms with E-state index in [1.54, 1.807) is 19.3 Å². The lowest BCUT2D eigenvalue weighted by molar-refractivity contribution is -0.383. The normalized spacial score (nSPS) is 12.0. The Morgan fingerprint density at radius 2 is 2.29 bits per heavy atom. The van der Waals surface area contributed by atoms with Gasteiger partial charge in [-0.15, -0.1) is 0 Å². The van der Waals surface area contributed by atoms with Gasteiger partial charge in [0.15, 0.2) is 0 Å². The summed E-state index contributed by atoms with van der Waals surface area (Å²) in [6, 6.07) is 3.43. The van der Waals surface area contributed by atoms with Gasteiger partial charge >= 0.3 is 0 Å². The van der Waals surface area contributed by atoms with Crippen molar-refractivity contribution < 1.29 is 9.72 Å². The van der Waals surface area contributed by atoms with Gasteiger partial charge in [-0.1, -0.05) is 11.6 Å². The molecule has 0 saturated carbocycles. The van der Waals surface area contributed by atoms with Crippen LogP contribution in [0.15, 0.2) is 35.1 Å². The average Bonchev–Trinajstić information content (AvgIpc) is 2.86. The van der Waals surface area contributed by atoms with Crippen molar-refractivity contribution in [2.75, 3.05) is 5.32 Å². The van der Waals surface area contributed by atoms with Crippen molar-refractivity contribution in [1.82, 2.24) is 9.78 Å². The molecule has 2 rings (SSSR count). The molecule has 1 unspecified atom stereocenters. The van der Waals surface area contributed by atoms with Gasteiger partial charge in [0.1, 0.15) is 11.7 Å². The van der Waals surface area contributed by atoms with Gasteiger partial charge in [0.2, 0.25) is 5.91 Å². The second kappa shape index (κ2) is 6.23. The summed E-state index contributed by atoms with van der Waals surface area (Å²) in [7, 11) is 0. The van der Waals surface area contributed by atoms with Crippen LogP contribution in [0.4, 0.5) is 11.4 Å². The molecule has 0 fully saturated rings. The molecule has 0 saturated heterocycles. The van der Waals surface area contributed by atoms with Gasteiger partial charge in [0.25, 0.3) is 5.69 Å². The summed E-state index contributed by atoms with van der Waals surface area (Å²) in [6.45, 7) is 1.64. The molecule has 1 aromatic heterocycles. The Morgan fingerprint density at radius 3 is 2.86 bits per heavy atom. The molecule has 0 bridgehead atoms. The van der Waals surface area contributed by atoms with Gasteiger partial charge < -0.3 is 5.32 Å². The molecular formula is C12H10BrClN4O3. The largest absolute Gasteiger partial charge is 0.319 e. The van der Waals surface area contributed by atoms with Crippen LogP contribution in [0.1, 0.15) is 13.0 Å². The average molecular weight is 374 g/mol. The van der Waals surface area contributed by atoms with Crippen molar-refractivity contribution in [3.8, 4) is 0 Å². The molecule has 0 aliphatic heterocycles. The van der Waals surface area contributed by atoms with E-state index in [4.69, 9.17) is 11.6 Å². The Hall–Kier alpha value is -1.93. The van der Waals surface area contributed by atoms with Crippen molar-refractivity contribution in [3.63, 3.8) is 0 Å². The van der Waals surface area contributed by atoms with Crippen molar-refractivity contribution in [2.45, 2.75) is 13.0 Å². The van der Waals surface area contributed by atoms with Crippen LogP contribution in [-0.4, -0.2) is 20.6 Å². The second-order valence-electron chi connectivity index (χ2n) is 4.22. The Kier molecular flexibility index (Phi) is 4.59. The van der Waals surface area contributed by atoms with Gasteiger partial charge in [0, 0.05) is 17.3 Å². The Labute approximate surface area is 133 Å². The number of rotatable bonds is 4. The number of aromatic nitrogens is 2. The van der Waals surface area contributed by atoms with Crippen molar-refractivity contribution in [2.24, 2.45) is 0 Å². The van der Waals surface area contributed by atoms with E-state index in [1.165, 1.54) is 22.9 Å². The van der Waals surface area contributed by atoms with Gasteiger partial charge in [-0.05, 0) is 35.0 Å². The van der Waals surface area contributed by atoms with E-state index in [1.807, 2.05) is 0 Å². The summed E-state index contributed by atoms with van der Waals surface area (Å²) < 4.78 is 2.18. The maximum atomic E-state index is 12.1. The molecule has 21 heavy (non-hydrogen) atoms. The lowest BCUT2D eigenvalue weighted by atomic mass is 10.2. The van der Waals surface area contributed by atoms with Gasteiger partial charge in [-0.25, -0.2) is 0 Å². The van der Waals surface area contributed by atoms with Crippen LogP contribution in [0.3, 0.4) is 0 Å². The number of nitro benzene ring substituents is 1. The molecule has 1 atom stereocenters. The van der Waals surface area contributed by atoms with E-state index in [2.05, 4.69) is 26.3 Å². The molecule has 0 radical (unpaired) electrons. The van der Waals surface area contributed by atoms with Crippen LogP contribution in [0.2, 0.25) is 5.02 Å². The van der Waals surface area contributed by atoms with Crippen LogP contribution >= 0.6 is 27.5 Å². The zero-order valence-corrected chi connectivity index (χ0v) is 13.1. The molecule has 2 aromatic rings. The minimum Gasteiger partial charge on any atom is -0.319 e. The van der Waals surface area contributed by atoms with E-state index < -0.39 is 16.9 Å². The molecular weight excluding hydrogens is 364 g/mol. The summed E-state index contributed by atoms with van der Waals surface area (Å²) >= 11 is 8.96. The fourth-order valence-corrected chi connectivity index (χ4v) is 2.11. The Morgan fingerprint density at radius 1 is 1.57 bits per heavy atom. The SMILES string of the molecule is CC(C(=O)Nc1ccc(Cl)cc1[N+](=O)[O-])n1cc(Br)cn1. The fraction of sp³-hybridized carbons (Fsp3) is 0.167. The first-order valence-electron chi connectivity index (χ1n) is 5.83. The monoisotopic (exact) mass is 372 g/mol. The highest BCUT2D eigenvalue weighted by Gasteiger charge is 2.21. The van der Waals surface area contributed by atoms with Gasteiger partial charge in [-0.3, -0.25) is 19.6 Å². The first-order valence-corrected chi connectivity index (χ1v) is 7.00. The zero-order valence-electron chi connectivity index (χ0n) is 10.8. The van der Waals surface area contributed by atoms with Gasteiger partial charge in [0.05, 0.1) is 15.6 Å². The summed E-state index contributed by atoms with van der Waals surface area (Å²) in [6.07, 6.45) is 3.19. The highest BCUT2D eigenvalue weighted by atomic mass is 79.9. The first-order chi connectivity index (χ1) is 9.88. The lowest BCUT2D eigenvalue weighted by Gasteiger charge is -2.12. The van der Waals surface area contributed by atoms with Crippen LogP contribution in [0, 0.1) is 10.1 Å². The molecule has 1 amide bonds. The Balaban J connectivity index is 2.22. The molecule has 7 nitrogen and oxygen atoms in total. The maximum absolute atomic E-state index is 12.1.